The highest BCUT2D eigenvalue weighted by Gasteiger charge is 2.22. The Bertz CT molecular complexity index is 1040. The minimum atomic E-state index is 0.313. The van der Waals surface area contributed by atoms with E-state index in [-0.39, 0.29) is 0 Å². The SMILES string of the molecule is Cc1cc(Nc2cc(C3CCNCC3)c(C#N)c(NCCOc3cccnc3)n2)n[nH]1. The molecule has 1 aliphatic rings. The van der Waals surface area contributed by atoms with Gasteiger partial charge in [-0.15, -0.1) is 0 Å². The van der Waals surface area contributed by atoms with Crippen molar-refractivity contribution >= 4 is 17.5 Å². The number of aryl methyl sites for hydroxylation is 1. The first-order chi connectivity index (χ1) is 15.2. The van der Waals surface area contributed by atoms with Crippen LogP contribution in [0.1, 0.15) is 35.6 Å². The number of nitrogens with zero attached hydrogens (tertiary/aromatic N) is 4. The smallest absolute Gasteiger partial charge is 0.153 e. The van der Waals surface area contributed by atoms with Crippen LogP contribution in [0.3, 0.4) is 0 Å². The molecule has 1 saturated heterocycles. The summed E-state index contributed by atoms with van der Waals surface area (Å²) in [5.74, 6) is 2.93. The summed E-state index contributed by atoms with van der Waals surface area (Å²) < 4.78 is 5.70. The van der Waals surface area contributed by atoms with E-state index in [1.165, 1.54) is 0 Å². The second kappa shape index (κ2) is 9.91. The van der Waals surface area contributed by atoms with E-state index in [9.17, 15) is 5.26 Å². The first kappa shape index (κ1) is 20.6. The van der Waals surface area contributed by atoms with E-state index in [1.807, 2.05) is 31.2 Å². The third-order valence-electron chi connectivity index (χ3n) is 5.20. The van der Waals surface area contributed by atoms with E-state index < -0.39 is 0 Å². The van der Waals surface area contributed by atoms with Crippen molar-refractivity contribution < 1.29 is 4.74 Å². The maximum absolute atomic E-state index is 9.93. The van der Waals surface area contributed by atoms with Crippen LogP contribution in [0.5, 0.6) is 5.75 Å². The average molecular weight is 419 g/mol. The Morgan fingerprint density at radius 1 is 1.26 bits per heavy atom. The van der Waals surface area contributed by atoms with Gasteiger partial charge in [0.25, 0.3) is 0 Å². The van der Waals surface area contributed by atoms with Crippen molar-refractivity contribution in [2.24, 2.45) is 0 Å². The van der Waals surface area contributed by atoms with Gasteiger partial charge in [-0.2, -0.15) is 10.4 Å². The lowest BCUT2D eigenvalue weighted by Crippen LogP contribution is -2.27. The van der Waals surface area contributed by atoms with Gasteiger partial charge in [-0.25, -0.2) is 4.98 Å². The third kappa shape index (κ3) is 5.29. The predicted molar refractivity (Wildman–Crippen MR) is 119 cm³/mol. The van der Waals surface area contributed by atoms with Crippen LogP contribution in [-0.4, -0.2) is 46.4 Å². The van der Waals surface area contributed by atoms with Gasteiger partial charge < -0.3 is 20.7 Å². The molecule has 4 heterocycles. The van der Waals surface area contributed by atoms with Crippen LogP contribution >= 0.6 is 0 Å². The molecule has 0 aromatic carbocycles. The van der Waals surface area contributed by atoms with Crippen LogP contribution in [0, 0.1) is 18.3 Å². The lowest BCUT2D eigenvalue weighted by atomic mass is 9.87. The molecule has 0 spiro atoms. The molecule has 1 fully saturated rings. The van der Waals surface area contributed by atoms with Gasteiger partial charge >= 0.3 is 0 Å². The van der Waals surface area contributed by atoms with Crippen LogP contribution in [0.4, 0.5) is 17.5 Å². The number of anilines is 3. The highest BCUT2D eigenvalue weighted by Crippen LogP contribution is 2.33. The summed E-state index contributed by atoms with van der Waals surface area (Å²) in [6.07, 6.45) is 5.35. The largest absolute Gasteiger partial charge is 0.490 e. The summed E-state index contributed by atoms with van der Waals surface area (Å²) in [4.78, 5) is 8.71. The maximum Gasteiger partial charge on any atom is 0.153 e. The Hall–Kier alpha value is -3.64. The van der Waals surface area contributed by atoms with Gasteiger partial charge in [0.05, 0.1) is 18.3 Å². The first-order valence-electron chi connectivity index (χ1n) is 10.4. The zero-order valence-electron chi connectivity index (χ0n) is 17.5. The maximum atomic E-state index is 9.93. The highest BCUT2D eigenvalue weighted by atomic mass is 16.5. The molecule has 31 heavy (non-hydrogen) atoms. The van der Waals surface area contributed by atoms with Crippen molar-refractivity contribution in [2.75, 3.05) is 36.9 Å². The van der Waals surface area contributed by atoms with Crippen LogP contribution in [0.2, 0.25) is 0 Å². The van der Waals surface area contributed by atoms with Crippen LogP contribution < -0.4 is 20.7 Å². The Morgan fingerprint density at radius 3 is 2.84 bits per heavy atom. The molecule has 4 rings (SSSR count). The summed E-state index contributed by atoms with van der Waals surface area (Å²) in [7, 11) is 0. The lowest BCUT2D eigenvalue weighted by molar-refractivity contribution is 0.331. The van der Waals surface area contributed by atoms with Gasteiger partial charge in [0.2, 0.25) is 0 Å². The van der Waals surface area contributed by atoms with E-state index in [1.54, 1.807) is 12.4 Å². The zero-order chi connectivity index (χ0) is 21.5. The van der Waals surface area contributed by atoms with Gasteiger partial charge in [-0.1, -0.05) is 0 Å². The van der Waals surface area contributed by atoms with Crippen LogP contribution in [0.15, 0.2) is 36.7 Å². The number of H-pyrrole nitrogens is 1. The van der Waals surface area contributed by atoms with Gasteiger partial charge in [0.15, 0.2) is 5.82 Å². The van der Waals surface area contributed by atoms with Gasteiger partial charge in [0.1, 0.15) is 30.1 Å². The van der Waals surface area contributed by atoms with Gasteiger partial charge in [-0.3, -0.25) is 10.1 Å². The van der Waals surface area contributed by atoms with E-state index in [2.05, 4.69) is 42.2 Å². The molecule has 0 aliphatic carbocycles. The van der Waals surface area contributed by atoms with Crippen molar-refractivity contribution in [3.8, 4) is 11.8 Å². The fourth-order valence-electron chi connectivity index (χ4n) is 3.71. The molecule has 9 heteroatoms. The first-order valence-corrected chi connectivity index (χ1v) is 10.4. The molecule has 3 aromatic heterocycles. The standard InChI is InChI=1S/C22H26N8O/c1-15-11-21(30-29-15)27-20-12-18(16-4-7-24-8-5-16)19(13-23)22(28-20)26-9-10-31-17-3-2-6-25-14-17/h2-3,6,11-12,14,16,24H,4-5,7-10H2,1H3,(H3,26,27,28,29,30). The van der Waals surface area contributed by atoms with E-state index in [0.717, 1.165) is 37.2 Å². The molecule has 4 N–H and O–H groups in total. The molecule has 3 aromatic rings. The number of rotatable bonds is 8. The number of aromatic amines is 1. The monoisotopic (exact) mass is 418 g/mol. The molecule has 0 saturated carbocycles. The van der Waals surface area contributed by atoms with Crippen molar-refractivity contribution in [1.29, 1.82) is 5.26 Å². The quantitative estimate of drug-likeness (QED) is 0.412. The van der Waals surface area contributed by atoms with E-state index in [4.69, 9.17) is 4.74 Å². The average Bonchev–Trinajstić information content (AvgIpc) is 3.22. The summed E-state index contributed by atoms with van der Waals surface area (Å²) in [6, 6.07) is 9.95. The minimum Gasteiger partial charge on any atom is -0.490 e. The topological polar surface area (TPSA) is 124 Å². The number of piperidine rings is 1. The fraction of sp³-hybridized carbons (Fsp3) is 0.364. The molecule has 160 valence electrons. The number of nitrogens with one attached hydrogen (secondary N) is 4. The van der Waals surface area contributed by atoms with Gasteiger partial charge in [0, 0.05) is 18.0 Å². The fourth-order valence-corrected chi connectivity index (χ4v) is 3.71. The summed E-state index contributed by atoms with van der Waals surface area (Å²) >= 11 is 0. The van der Waals surface area contributed by atoms with Crippen molar-refractivity contribution in [1.82, 2.24) is 25.5 Å². The molecule has 0 bridgehead atoms. The number of hydrogen-bond donors (Lipinski definition) is 4. The van der Waals surface area contributed by atoms with Crippen molar-refractivity contribution in [3.63, 3.8) is 0 Å². The molecule has 0 unspecified atom stereocenters. The van der Waals surface area contributed by atoms with Crippen LogP contribution in [-0.2, 0) is 0 Å². The molecule has 9 nitrogen and oxygen atoms in total. The normalized spacial score (nSPS) is 14.1. The molecule has 0 radical (unpaired) electrons. The van der Waals surface area contributed by atoms with Crippen LogP contribution in [0.25, 0.3) is 0 Å². The zero-order valence-corrected chi connectivity index (χ0v) is 17.5. The predicted octanol–water partition coefficient (Wildman–Crippen LogP) is 3.08. The Kier molecular flexibility index (Phi) is 6.59. The number of nitriles is 1. The Labute approximate surface area is 181 Å². The molecule has 0 amide bonds. The van der Waals surface area contributed by atoms with Crippen molar-refractivity contribution in [2.45, 2.75) is 25.7 Å². The van der Waals surface area contributed by atoms with Crippen molar-refractivity contribution in [3.05, 3.63) is 53.5 Å². The summed E-state index contributed by atoms with van der Waals surface area (Å²) in [5, 5.41) is 27.0. The number of ether oxygens (including phenoxy) is 1. The third-order valence-corrected chi connectivity index (χ3v) is 5.20. The second-order valence-electron chi connectivity index (χ2n) is 7.48. The summed E-state index contributed by atoms with van der Waals surface area (Å²) in [6.45, 7) is 4.77. The van der Waals surface area contributed by atoms with Gasteiger partial charge in [-0.05, 0) is 62.5 Å². The number of aromatic nitrogens is 4. The lowest BCUT2D eigenvalue weighted by Gasteiger charge is -2.25. The number of hydrogen-bond acceptors (Lipinski definition) is 8. The molecule has 1 aliphatic heterocycles. The second-order valence-corrected chi connectivity index (χ2v) is 7.48. The summed E-state index contributed by atoms with van der Waals surface area (Å²) in [5.41, 5.74) is 2.57. The Balaban J connectivity index is 1.55. The molecule has 0 atom stereocenters. The molecular formula is C22H26N8O. The van der Waals surface area contributed by atoms with E-state index >= 15 is 0 Å². The molecular weight excluding hydrogens is 392 g/mol. The minimum absolute atomic E-state index is 0.313. The Morgan fingerprint density at radius 2 is 2.13 bits per heavy atom. The highest BCUT2D eigenvalue weighted by molar-refractivity contribution is 5.64. The number of pyridine rings is 2. The van der Waals surface area contributed by atoms with E-state index in [0.29, 0.717) is 47.8 Å².